The summed E-state index contributed by atoms with van der Waals surface area (Å²) in [7, 11) is 0. The van der Waals surface area contributed by atoms with Crippen LogP contribution in [0.25, 0.3) is 0 Å². The van der Waals surface area contributed by atoms with Gasteiger partial charge in [-0.1, -0.05) is 18.2 Å². The predicted molar refractivity (Wildman–Crippen MR) is 102 cm³/mol. The third-order valence-electron chi connectivity index (χ3n) is 4.07. The van der Waals surface area contributed by atoms with E-state index in [0.717, 1.165) is 0 Å². The van der Waals surface area contributed by atoms with Gasteiger partial charge in [-0.3, -0.25) is 19.2 Å². The van der Waals surface area contributed by atoms with Gasteiger partial charge < -0.3 is 29.0 Å². The minimum atomic E-state index is -1.20. The average Bonchev–Trinajstić information content (AvgIpc) is 2.64. The molecule has 0 aromatic heterocycles. The fourth-order valence-corrected chi connectivity index (χ4v) is 3.04. The SMILES string of the molecule is CC(=O)OCC1OC(Nc2ccccc2)C(OC(C)=O)C(OC(C)=O)C1OC(C)=O. The molecule has 1 aliphatic heterocycles. The maximum absolute atomic E-state index is 11.8. The first-order valence-corrected chi connectivity index (χ1v) is 9.29. The van der Waals surface area contributed by atoms with Gasteiger partial charge in [0.1, 0.15) is 12.7 Å². The molecular weight excluding hydrogens is 398 g/mol. The summed E-state index contributed by atoms with van der Waals surface area (Å²) in [5.74, 6) is -2.58. The minimum Gasteiger partial charge on any atom is -0.463 e. The smallest absolute Gasteiger partial charge is 0.303 e. The third kappa shape index (κ3) is 6.73. The maximum Gasteiger partial charge on any atom is 0.303 e. The zero-order valence-corrected chi connectivity index (χ0v) is 17.2. The molecule has 0 radical (unpaired) electrons. The Kier molecular flexibility index (Phi) is 8.16. The van der Waals surface area contributed by atoms with Gasteiger partial charge in [-0.2, -0.15) is 0 Å². The van der Waals surface area contributed by atoms with Gasteiger partial charge in [0, 0.05) is 33.4 Å². The second-order valence-electron chi connectivity index (χ2n) is 6.63. The van der Waals surface area contributed by atoms with Gasteiger partial charge in [0.05, 0.1) is 0 Å². The molecule has 2 rings (SSSR count). The molecule has 30 heavy (non-hydrogen) atoms. The van der Waals surface area contributed by atoms with Gasteiger partial charge in [0.2, 0.25) is 0 Å². The average molecular weight is 423 g/mol. The number of nitrogens with one attached hydrogen (secondary N) is 1. The van der Waals surface area contributed by atoms with Crippen molar-refractivity contribution in [2.45, 2.75) is 58.3 Å². The molecule has 1 aromatic rings. The highest BCUT2D eigenvalue weighted by atomic mass is 16.7. The zero-order chi connectivity index (χ0) is 22.3. The molecule has 0 bridgehead atoms. The lowest BCUT2D eigenvalue weighted by atomic mass is 9.97. The van der Waals surface area contributed by atoms with Crippen molar-refractivity contribution in [2.75, 3.05) is 11.9 Å². The van der Waals surface area contributed by atoms with Crippen LogP contribution in [0.2, 0.25) is 0 Å². The molecule has 10 nitrogen and oxygen atoms in total. The molecule has 1 aliphatic rings. The van der Waals surface area contributed by atoms with Crippen LogP contribution in [0.1, 0.15) is 27.7 Å². The lowest BCUT2D eigenvalue weighted by Gasteiger charge is -2.44. The van der Waals surface area contributed by atoms with Gasteiger partial charge in [-0.15, -0.1) is 0 Å². The molecule has 10 heteroatoms. The van der Waals surface area contributed by atoms with Crippen LogP contribution in [0, 0.1) is 0 Å². The summed E-state index contributed by atoms with van der Waals surface area (Å²) >= 11 is 0. The monoisotopic (exact) mass is 423 g/mol. The number of esters is 4. The van der Waals surface area contributed by atoms with E-state index in [1.807, 2.05) is 6.07 Å². The Balaban J connectivity index is 2.42. The maximum atomic E-state index is 11.8. The topological polar surface area (TPSA) is 126 Å². The first-order valence-electron chi connectivity index (χ1n) is 9.29. The number of benzene rings is 1. The minimum absolute atomic E-state index is 0.273. The lowest BCUT2D eigenvalue weighted by Crippen LogP contribution is -2.64. The van der Waals surface area contributed by atoms with Crippen LogP contribution in [0.3, 0.4) is 0 Å². The number of para-hydroxylation sites is 1. The summed E-state index contributed by atoms with van der Waals surface area (Å²) in [5.41, 5.74) is 0.637. The lowest BCUT2D eigenvalue weighted by molar-refractivity contribution is -0.247. The molecule has 5 unspecified atom stereocenters. The first kappa shape index (κ1) is 23.1. The zero-order valence-electron chi connectivity index (χ0n) is 17.2. The van der Waals surface area contributed by atoms with Crippen LogP contribution in [0.15, 0.2) is 30.3 Å². The number of hydrogen-bond acceptors (Lipinski definition) is 10. The molecule has 164 valence electrons. The summed E-state index contributed by atoms with van der Waals surface area (Å²) in [5, 5.41) is 3.06. The van der Waals surface area contributed by atoms with Crippen molar-refractivity contribution in [3.8, 4) is 0 Å². The van der Waals surface area contributed by atoms with Crippen LogP contribution >= 0.6 is 0 Å². The molecule has 1 saturated heterocycles. The molecule has 1 heterocycles. The molecule has 1 aromatic carbocycles. The van der Waals surface area contributed by atoms with E-state index in [0.29, 0.717) is 5.69 Å². The predicted octanol–water partition coefficient (Wildman–Crippen LogP) is 1.18. The molecule has 1 N–H and O–H groups in total. The van der Waals surface area contributed by atoms with Gasteiger partial charge in [-0.25, -0.2) is 0 Å². The molecule has 5 atom stereocenters. The Morgan fingerprint density at radius 2 is 1.33 bits per heavy atom. The fourth-order valence-electron chi connectivity index (χ4n) is 3.04. The number of ether oxygens (including phenoxy) is 5. The highest BCUT2D eigenvalue weighted by Crippen LogP contribution is 2.30. The van der Waals surface area contributed by atoms with Gasteiger partial charge in [0.25, 0.3) is 0 Å². The standard InChI is InChI=1S/C20H25NO9/c1-11(22)26-10-16-17(27-12(2)23)18(28-13(3)24)19(29-14(4)25)20(30-16)21-15-8-6-5-7-9-15/h5-9,16-21H,10H2,1-4H3. The normalized spacial score (nSPS) is 25.5. The van der Waals surface area contributed by atoms with Gasteiger partial charge >= 0.3 is 23.9 Å². The second-order valence-corrected chi connectivity index (χ2v) is 6.63. The van der Waals surface area contributed by atoms with Crippen molar-refractivity contribution in [3.63, 3.8) is 0 Å². The van der Waals surface area contributed by atoms with Crippen molar-refractivity contribution >= 4 is 29.6 Å². The molecule has 0 amide bonds. The van der Waals surface area contributed by atoms with Crippen molar-refractivity contribution < 1.29 is 42.9 Å². The fraction of sp³-hybridized carbons (Fsp3) is 0.500. The first-order chi connectivity index (χ1) is 14.2. The van der Waals surface area contributed by atoms with E-state index in [1.165, 1.54) is 27.7 Å². The van der Waals surface area contributed by atoms with Gasteiger partial charge in [-0.05, 0) is 12.1 Å². The van der Waals surface area contributed by atoms with Crippen LogP contribution < -0.4 is 5.32 Å². The highest BCUT2D eigenvalue weighted by molar-refractivity contribution is 5.69. The van der Waals surface area contributed by atoms with E-state index >= 15 is 0 Å². The summed E-state index contributed by atoms with van der Waals surface area (Å²) in [4.78, 5) is 46.5. The Bertz CT molecular complexity index is 767. The molecule has 0 aliphatic carbocycles. The Labute approximate surface area is 173 Å². The number of carbonyl (C=O) groups excluding carboxylic acids is 4. The van der Waals surface area contributed by atoms with E-state index in [4.69, 9.17) is 23.7 Å². The second kappa shape index (κ2) is 10.6. The Morgan fingerprint density at radius 1 is 0.800 bits per heavy atom. The number of rotatable bonds is 7. The molecule has 0 saturated carbocycles. The van der Waals surface area contributed by atoms with Gasteiger partial charge in [0.15, 0.2) is 24.5 Å². The molecule has 0 spiro atoms. The van der Waals surface area contributed by atoms with E-state index in [9.17, 15) is 19.2 Å². The van der Waals surface area contributed by atoms with E-state index in [2.05, 4.69) is 5.32 Å². The van der Waals surface area contributed by atoms with E-state index in [1.54, 1.807) is 24.3 Å². The number of hydrogen-bond donors (Lipinski definition) is 1. The van der Waals surface area contributed by atoms with Crippen molar-refractivity contribution in [1.82, 2.24) is 0 Å². The Morgan fingerprint density at radius 3 is 1.87 bits per heavy atom. The van der Waals surface area contributed by atoms with Crippen LogP contribution in [0.4, 0.5) is 5.69 Å². The largest absolute Gasteiger partial charge is 0.463 e. The van der Waals surface area contributed by atoms with Crippen LogP contribution in [-0.4, -0.2) is 61.1 Å². The van der Waals surface area contributed by atoms with E-state index < -0.39 is 54.5 Å². The number of carbonyl (C=O) groups is 4. The van der Waals surface area contributed by atoms with Crippen LogP contribution in [-0.2, 0) is 42.9 Å². The van der Waals surface area contributed by atoms with E-state index in [-0.39, 0.29) is 6.61 Å². The third-order valence-corrected chi connectivity index (χ3v) is 4.07. The summed E-state index contributed by atoms with van der Waals surface area (Å²) in [6, 6.07) is 8.90. The van der Waals surface area contributed by atoms with Crippen LogP contribution in [0.5, 0.6) is 0 Å². The Hall–Kier alpha value is -3.14. The van der Waals surface area contributed by atoms with Crippen molar-refractivity contribution in [1.29, 1.82) is 0 Å². The van der Waals surface area contributed by atoms with Crippen molar-refractivity contribution in [2.24, 2.45) is 0 Å². The van der Waals surface area contributed by atoms with Crippen molar-refractivity contribution in [3.05, 3.63) is 30.3 Å². The molecule has 1 fully saturated rings. The quantitative estimate of drug-likeness (QED) is 0.504. The summed E-state index contributed by atoms with van der Waals surface area (Å²) in [6.07, 6.45) is -5.51. The highest BCUT2D eigenvalue weighted by Gasteiger charge is 2.52. The summed E-state index contributed by atoms with van der Waals surface area (Å²) < 4.78 is 27.0. The summed E-state index contributed by atoms with van der Waals surface area (Å²) in [6.45, 7) is 4.48. The number of anilines is 1. The molecular formula is C20H25NO9.